The van der Waals surface area contributed by atoms with Gasteiger partial charge in [-0.25, -0.2) is 16.8 Å². The van der Waals surface area contributed by atoms with Crippen LogP contribution in [-0.2, 0) is 33.1 Å². The molecule has 6 N–H and O–H groups in total. The van der Waals surface area contributed by atoms with E-state index < -0.39 is 20.2 Å². The molecule has 0 aliphatic heterocycles. The molecule has 0 spiro atoms. The number of benzene rings is 6. The van der Waals surface area contributed by atoms with E-state index in [2.05, 4.69) is 61.8 Å². The molecule has 0 aliphatic rings. The first kappa shape index (κ1) is 49.4. The number of aryl methyl sites for hydroxylation is 2. The van der Waals surface area contributed by atoms with Crippen LogP contribution in [0.15, 0.2) is 168 Å². The molecule has 6 aromatic carbocycles. The summed E-state index contributed by atoms with van der Waals surface area (Å²) in [6, 6.07) is 45.1. The summed E-state index contributed by atoms with van der Waals surface area (Å²) in [5, 5.41) is 18.9. The molecular weight excluding hydrogens is 903 g/mol. The first-order valence-corrected chi connectivity index (χ1v) is 22.2. The average Bonchev–Trinajstić information content (AvgIpc) is 3.27. The second-order valence-electron chi connectivity index (χ2n) is 13.9. The van der Waals surface area contributed by atoms with Crippen molar-refractivity contribution in [2.45, 2.75) is 22.6 Å². The van der Waals surface area contributed by atoms with Crippen molar-refractivity contribution in [2.75, 3.05) is 31.9 Å². The molecule has 2 heterocycles. The van der Waals surface area contributed by atoms with Crippen LogP contribution in [0.3, 0.4) is 0 Å². The second kappa shape index (κ2) is 22.4. The number of nitrogens with zero attached hydrogens (tertiary/aromatic N) is 6. The molecule has 8 rings (SSSR count). The van der Waals surface area contributed by atoms with Gasteiger partial charge in [-0.05, 0) is 121 Å². The minimum atomic E-state index is -4.59. The maximum atomic E-state index is 11.4. The van der Waals surface area contributed by atoms with Crippen LogP contribution in [-0.4, -0.2) is 55.8 Å². The Balaban J connectivity index is 0.00000360. The maximum Gasteiger partial charge on any atom is 1.00 e. The average molecular weight is 939 g/mol. The van der Waals surface area contributed by atoms with E-state index in [0.717, 1.165) is 46.7 Å². The Morgan fingerprint density at radius 2 is 0.530 bits per heavy atom. The van der Waals surface area contributed by atoms with Crippen LogP contribution < -0.4 is 91.0 Å². The SMILES string of the molecule is O=S(=O)([O-])c1ccc(Nc2nc(Nc3ccccc3)nc(Nc3ccc(CCc4ccc(Nc5nc(Nc6ccccc6)nc(Nc6ccc(S(=O)(=O)[O-])cc6)n5)cc4)cc3)n2)cc1.[Na+].[Na+]. The summed E-state index contributed by atoms with van der Waals surface area (Å²) in [6.45, 7) is 0. The van der Waals surface area contributed by atoms with E-state index in [4.69, 9.17) is 0 Å². The minimum absolute atomic E-state index is 0. The van der Waals surface area contributed by atoms with Crippen molar-refractivity contribution in [2.24, 2.45) is 0 Å². The Labute approximate surface area is 424 Å². The smallest absolute Gasteiger partial charge is 0.744 e. The molecule has 0 saturated carbocycles. The van der Waals surface area contributed by atoms with Crippen molar-refractivity contribution < 1.29 is 85.1 Å². The molecule has 0 aliphatic carbocycles. The predicted molar refractivity (Wildman–Crippen MR) is 241 cm³/mol. The monoisotopic (exact) mass is 938 g/mol. The molecule has 8 aromatic rings. The van der Waals surface area contributed by atoms with Gasteiger partial charge in [0.15, 0.2) is 0 Å². The van der Waals surface area contributed by atoms with E-state index in [1.165, 1.54) is 48.5 Å². The Kier molecular flexibility index (Phi) is 16.8. The van der Waals surface area contributed by atoms with Gasteiger partial charge in [0, 0.05) is 34.1 Å². The van der Waals surface area contributed by atoms with E-state index in [1.54, 1.807) is 0 Å². The summed E-state index contributed by atoms with van der Waals surface area (Å²) in [4.78, 5) is 26.3. The zero-order valence-corrected chi connectivity index (χ0v) is 41.0. The Bertz CT molecular complexity index is 2880. The Morgan fingerprint density at radius 1 is 0.318 bits per heavy atom. The van der Waals surface area contributed by atoms with E-state index in [0.29, 0.717) is 11.4 Å². The fraction of sp³-hybridized carbons (Fsp3) is 0.0455. The Morgan fingerprint density at radius 3 is 0.758 bits per heavy atom. The molecule has 0 bridgehead atoms. The summed E-state index contributed by atoms with van der Waals surface area (Å²) in [7, 11) is -9.19. The first-order valence-electron chi connectivity index (χ1n) is 19.4. The summed E-state index contributed by atoms with van der Waals surface area (Å²) in [6.07, 6.45) is 1.53. The number of hydrogen-bond acceptors (Lipinski definition) is 18. The molecule has 22 heteroatoms. The molecule has 0 unspecified atom stereocenters. The van der Waals surface area contributed by atoms with Crippen molar-refractivity contribution in [3.8, 4) is 0 Å². The van der Waals surface area contributed by atoms with Gasteiger partial charge in [-0.15, -0.1) is 0 Å². The normalized spacial score (nSPS) is 11.0. The largest absolute Gasteiger partial charge is 1.00 e. The third kappa shape index (κ3) is 14.2. The molecule has 0 fully saturated rings. The number of aromatic nitrogens is 6. The minimum Gasteiger partial charge on any atom is -0.744 e. The maximum absolute atomic E-state index is 11.4. The number of nitrogens with one attached hydrogen (secondary N) is 6. The summed E-state index contributed by atoms with van der Waals surface area (Å²) >= 11 is 0. The molecule has 2 aromatic heterocycles. The summed E-state index contributed by atoms with van der Waals surface area (Å²) in [5.41, 5.74) is 6.13. The van der Waals surface area contributed by atoms with Gasteiger partial charge in [0.1, 0.15) is 20.2 Å². The fourth-order valence-corrected chi connectivity index (χ4v) is 7.05. The van der Waals surface area contributed by atoms with E-state index in [-0.39, 0.29) is 105 Å². The Hall–Kier alpha value is -6.04. The summed E-state index contributed by atoms with van der Waals surface area (Å²) < 4.78 is 68.3. The molecule has 322 valence electrons. The van der Waals surface area contributed by atoms with Gasteiger partial charge in [0.2, 0.25) is 35.7 Å². The fourth-order valence-electron chi connectivity index (χ4n) is 6.11. The van der Waals surface area contributed by atoms with E-state index >= 15 is 0 Å². The van der Waals surface area contributed by atoms with Gasteiger partial charge in [-0.3, -0.25) is 0 Å². The molecule has 18 nitrogen and oxygen atoms in total. The van der Waals surface area contributed by atoms with Gasteiger partial charge in [-0.2, -0.15) is 29.9 Å². The topological polar surface area (TPSA) is 264 Å². The van der Waals surface area contributed by atoms with Crippen molar-refractivity contribution in [3.05, 3.63) is 169 Å². The van der Waals surface area contributed by atoms with Gasteiger partial charge in [0.05, 0.1) is 9.79 Å². The van der Waals surface area contributed by atoms with Crippen LogP contribution in [0.25, 0.3) is 0 Å². The van der Waals surface area contributed by atoms with Crippen LogP contribution >= 0.6 is 0 Å². The summed E-state index contributed by atoms with van der Waals surface area (Å²) in [5.74, 6) is 1.35. The molecular formula is C44H36N12Na2O6S2. The van der Waals surface area contributed by atoms with Crippen molar-refractivity contribution in [1.82, 2.24) is 29.9 Å². The predicted octanol–water partition coefficient (Wildman–Crippen LogP) is 2.12. The zero-order chi connectivity index (χ0) is 44.5. The standard InChI is InChI=1S/C44H38N12O6S2.2Na/c57-63(58,59)37-25-21-35(22-26-37)49-43-53-39(45-31-7-3-1-4-8-31)51-41(55-43)47-33-17-13-29(14-18-33)11-12-30-15-19-34(20-16-30)48-42-52-40(46-32-9-5-2-6-10-32)54-44(56-42)50-36-23-27-38(28-24-36)64(60,61)62;;/h1-10,13-28H,11-12H2,(H,57,58,59)(H,60,61,62)(H3,45,47,49,51,53,55)(H3,46,48,50,52,54,56);;/q;2*+1/p-2. The number of rotatable bonds is 17. The van der Waals surface area contributed by atoms with Crippen LogP contribution in [0.4, 0.5) is 69.8 Å². The van der Waals surface area contributed by atoms with Crippen molar-refractivity contribution >= 4 is 90.1 Å². The number of para-hydroxylation sites is 2. The second-order valence-corrected chi connectivity index (χ2v) is 16.7. The van der Waals surface area contributed by atoms with E-state index in [1.807, 2.05) is 109 Å². The van der Waals surface area contributed by atoms with E-state index in [9.17, 15) is 25.9 Å². The van der Waals surface area contributed by atoms with Gasteiger partial charge >= 0.3 is 59.1 Å². The van der Waals surface area contributed by atoms with Crippen LogP contribution in [0, 0.1) is 0 Å². The van der Waals surface area contributed by atoms with Gasteiger partial charge in [-0.1, -0.05) is 60.7 Å². The van der Waals surface area contributed by atoms with Gasteiger partial charge in [0.25, 0.3) is 0 Å². The third-order valence-corrected chi connectivity index (χ3v) is 11.0. The van der Waals surface area contributed by atoms with Crippen LogP contribution in [0.2, 0.25) is 0 Å². The molecule has 66 heavy (non-hydrogen) atoms. The van der Waals surface area contributed by atoms with Crippen LogP contribution in [0.1, 0.15) is 11.1 Å². The first-order chi connectivity index (χ1) is 30.9. The molecule has 0 amide bonds. The van der Waals surface area contributed by atoms with Gasteiger partial charge < -0.3 is 41.0 Å². The van der Waals surface area contributed by atoms with Crippen molar-refractivity contribution in [3.63, 3.8) is 0 Å². The quantitative estimate of drug-likeness (QED) is 0.0564. The zero-order valence-electron chi connectivity index (χ0n) is 35.4. The molecule has 0 radical (unpaired) electrons. The number of anilines is 12. The van der Waals surface area contributed by atoms with Crippen LogP contribution in [0.5, 0.6) is 0 Å². The number of hydrogen-bond donors (Lipinski definition) is 6. The third-order valence-electron chi connectivity index (χ3n) is 9.25. The molecule has 0 saturated heterocycles. The van der Waals surface area contributed by atoms with Crippen molar-refractivity contribution in [1.29, 1.82) is 0 Å². The molecule has 0 atom stereocenters.